The van der Waals surface area contributed by atoms with Crippen LogP contribution in [0.4, 0.5) is 5.69 Å². The standard InChI is InChI=1S/C15H21N3S/c1-3-13(16)8-12-4-6-15(7-5-12)18(2)9-14-10-19-11-17-14/h4-7,10-11,13H,3,8-9,16H2,1-2H3. The monoisotopic (exact) mass is 275 g/mol. The first-order chi connectivity index (χ1) is 9.19. The molecule has 4 heteroatoms. The summed E-state index contributed by atoms with van der Waals surface area (Å²) in [5, 5.41) is 2.09. The fourth-order valence-electron chi connectivity index (χ4n) is 1.98. The molecule has 0 aliphatic rings. The zero-order chi connectivity index (χ0) is 13.7. The molecule has 0 fully saturated rings. The van der Waals surface area contributed by atoms with E-state index in [1.807, 2.05) is 5.51 Å². The van der Waals surface area contributed by atoms with Crippen molar-refractivity contribution < 1.29 is 0 Å². The third kappa shape index (κ3) is 4.04. The third-order valence-electron chi connectivity index (χ3n) is 3.28. The molecule has 0 spiro atoms. The van der Waals surface area contributed by atoms with Gasteiger partial charge in [0, 0.05) is 24.2 Å². The van der Waals surface area contributed by atoms with Crippen molar-refractivity contribution in [1.29, 1.82) is 0 Å². The molecule has 0 aliphatic carbocycles. The summed E-state index contributed by atoms with van der Waals surface area (Å²) in [5.74, 6) is 0. The Balaban J connectivity index is 1.97. The number of nitrogens with zero attached hydrogens (tertiary/aromatic N) is 2. The van der Waals surface area contributed by atoms with Crippen molar-refractivity contribution in [3.8, 4) is 0 Å². The average molecular weight is 275 g/mol. The van der Waals surface area contributed by atoms with Crippen LogP contribution in [0.15, 0.2) is 35.2 Å². The van der Waals surface area contributed by atoms with E-state index in [0.29, 0.717) is 0 Å². The molecule has 1 atom stereocenters. The summed E-state index contributed by atoms with van der Waals surface area (Å²) in [6, 6.07) is 8.91. The van der Waals surface area contributed by atoms with E-state index in [4.69, 9.17) is 5.73 Å². The van der Waals surface area contributed by atoms with Crippen molar-refractivity contribution in [2.24, 2.45) is 5.73 Å². The molecule has 0 aliphatic heterocycles. The van der Waals surface area contributed by atoms with Crippen LogP contribution in [0.2, 0.25) is 0 Å². The van der Waals surface area contributed by atoms with Crippen LogP contribution in [-0.2, 0) is 13.0 Å². The van der Waals surface area contributed by atoms with Crippen LogP contribution in [-0.4, -0.2) is 18.1 Å². The maximum Gasteiger partial charge on any atom is 0.0795 e. The highest BCUT2D eigenvalue weighted by atomic mass is 32.1. The second-order valence-corrected chi connectivity index (χ2v) is 5.59. The molecule has 1 heterocycles. The molecule has 0 saturated heterocycles. The largest absolute Gasteiger partial charge is 0.369 e. The molecule has 0 radical (unpaired) electrons. The lowest BCUT2D eigenvalue weighted by molar-refractivity contribution is 0.646. The van der Waals surface area contributed by atoms with Crippen LogP contribution in [0, 0.1) is 0 Å². The zero-order valence-corrected chi connectivity index (χ0v) is 12.4. The number of rotatable bonds is 6. The number of anilines is 1. The van der Waals surface area contributed by atoms with Crippen LogP contribution < -0.4 is 10.6 Å². The van der Waals surface area contributed by atoms with Crippen molar-refractivity contribution in [2.75, 3.05) is 11.9 Å². The normalized spacial score (nSPS) is 12.4. The van der Waals surface area contributed by atoms with Crippen molar-refractivity contribution in [3.05, 3.63) is 46.4 Å². The molecule has 0 bridgehead atoms. The summed E-state index contributed by atoms with van der Waals surface area (Å²) in [4.78, 5) is 6.52. The molecule has 2 rings (SSSR count). The van der Waals surface area contributed by atoms with Crippen molar-refractivity contribution >= 4 is 17.0 Å². The molecule has 3 nitrogen and oxygen atoms in total. The first-order valence-electron chi connectivity index (χ1n) is 6.61. The average Bonchev–Trinajstić information content (AvgIpc) is 2.92. The summed E-state index contributed by atoms with van der Waals surface area (Å²) in [6.45, 7) is 2.97. The van der Waals surface area contributed by atoms with E-state index in [1.165, 1.54) is 11.3 Å². The van der Waals surface area contributed by atoms with Crippen molar-refractivity contribution in [2.45, 2.75) is 32.4 Å². The molecule has 102 valence electrons. The molecule has 1 unspecified atom stereocenters. The van der Waals surface area contributed by atoms with Gasteiger partial charge >= 0.3 is 0 Å². The Kier molecular flexibility index (Phi) is 4.93. The van der Waals surface area contributed by atoms with Crippen LogP contribution in [0.5, 0.6) is 0 Å². The SMILES string of the molecule is CCC(N)Cc1ccc(N(C)Cc2cscn2)cc1. The van der Waals surface area contributed by atoms with Gasteiger partial charge in [0.15, 0.2) is 0 Å². The predicted octanol–water partition coefficient (Wildman–Crippen LogP) is 3.06. The molecular formula is C15H21N3S. The molecule has 0 amide bonds. The Bertz CT molecular complexity index is 479. The van der Waals surface area contributed by atoms with Crippen molar-refractivity contribution in [3.63, 3.8) is 0 Å². The lowest BCUT2D eigenvalue weighted by Gasteiger charge is -2.18. The Morgan fingerprint density at radius 1 is 1.32 bits per heavy atom. The van der Waals surface area contributed by atoms with Crippen LogP contribution in [0.3, 0.4) is 0 Å². The van der Waals surface area contributed by atoms with Crippen LogP contribution in [0.25, 0.3) is 0 Å². The van der Waals surface area contributed by atoms with Gasteiger partial charge in [0.2, 0.25) is 0 Å². The predicted molar refractivity (Wildman–Crippen MR) is 82.6 cm³/mol. The van der Waals surface area contributed by atoms with Gasteiger partial charge in [-0.15, -0.1) is 11.3 Å². The van der Waals surface area contributed by atoms with Crippen molar-refractivity contribution in [1.82, 2.24) is 4.98 Å². The maximum atomic E-state index is 5.98. The fourth-order valence-corrected chi connectivity index (χ4v) is 2.53. The summed E-state index contributed by atoms with van der Waals surface area (Å²) >= 11 is 1.64. The highest BCUT2D eigenvalue weighted by Gasteiger charge is 2.05. The lowest BCUT2D eigenvalue weighted by atomic mass is 10.0. The molecule has 1 aromatic heterocycles. The molecule has 1 aromatic carbocycles. The van der Waals surface area contributed by atoms with Gasteiger partial charge in [-0.3, -0.25) is 0 Å². The number of thiazole rings is 1. The topological polar surface area (TPSA) is 42.1 Å². The maximum absolute atomic E-state index is 5.98. The van der Waals surface area contributed by atoms with Gasteiger partial charge in [-0.2, -0.15) is 0 Å². The van der Waals surface area contributed by atoms with E-state index < -0.39 is 0 Å². The number of hydrogen-bond acceptors (Lipinski definition) is 4. The number of hydrogen-bond donors (Lipinski definition) is 1. The van der Waals surface area contributed by atoms with Gasteiger partial charge < -0.3 is 10.6 Å². The Hall–Kier alpha value is -1.39. The Morgan fingerprint density at radius 2 is 2.05 bits per heavy atom. The summed E-state index contributed by atoms with van der Waals surface area (Å²) < 4.78 is 0. The van der Waals surface area contributed by atoms with Gasteiger partial charge in [-0.05, 0) is 30.5 Å². The smallest absolute Gasteiger partial charge is 0.0795 e. The van der Waals surface area contributed by atoms with E-state index >= 15 is 0 Å². The highest BCUT2D eigenvalue weighted by Crippen LogP contribution is 2.17. The van der Waals surface area contributed by atoms with Gasteiger partial charge in [0.05, 0.1) is 17.7 Å². The lowest BCUT2D eigenvalue weighted by Crippen LogP contribution is -2.21. The van der Waals surface area contributed by atoms with Gasteiger partial charge in [0.25, 0.3) is 0 Å². The zero-order valence-electron chi connectivity index (χ0n) is 11.5. The minimum atomic E-state index is 0.263. The van der Waals surface area contributed by atoms with Crippen LogP contribution >= 0.6 is 11.3 Å². The number of nitrogens with two attached hydrogens (primary N) is 1. The molecule has 2 aromatic rings. The second-order valence-electron chi connectivity index (χ2n) is 4.87. The number of benzene rings is 1. The quantitative estimate of drug-likeness (QED) is 0.881. The minimum Gasteiger partial charge on any atom is -0.369 e. The minimum absolute atomic E-state index is 0.263. The second kappa shape index (κ2) is 6.68. The first-order valence-corrected chi connectivity index (χ1v) is 7.56. The van der Waals surface area contributed by atoms with E-state index in [1.54, 1.807) is 11.3 Å². The third-order valence-corrected chi connectivity index (χ3v) is 3.92. The summed E-state index contributed by atoms with van der Waals surface area (Å²) in [6.07, 6.45) is 1.97. The summed E-state index contributed by atoms with van der Waals surface area (Å²) in [7, 11) is 2.09. The number of aromatic nitrogens is 1. The van der Waals surface area contributed by atoms with E-state index in [2.05, 4.69) is 53.5 Å². The Labute approximate surface area is 119 Å². The molecule has 2 N–H and O–H groups in total. The molecule has 19 heavy (non-hydrogen) atoms. The van der Waals surface area contributed by atoms with Gasteiger partial charge in [-0.1, -0.05) is 19.1 Å². The van der Waals surface area contributed by atoms with E-state index in [0.717, 1.165) is 25.1 Å². The molecular weight excluding hydrogens is 254 g/mol. The van der Waals surface area contributed by atoms with E-state index in [9.17, 15) is 0 Å². The van der Waals surface area contributed by atoms with Gasteiger partial charge in [0.1, 0.15) is 0 Å². The van der Waals surface area contributed by atoms with E-state index in [-0.39, 0.29) is 6.04 Å². The molecule has 0 saturated carbocycles. The Morgan fingerprint density at radius 3 is 2.63 bits per heavy atom. The fraction of sp³-hybridized carbons (Fsp3) is 0.400. The first kappa shape index (κ1) is 14.0. The summed E-state index contributed by atoms with van der Waals surface area (Å²) in [5.41, 5.74) is 11.5. The van der Waals surface area contributed by atoms with Crippen LogP contribution in [0.1, 0.15) is 24.6 Å². The van der Waals surface area contributed by atoms with Gasteiger partial charge in [-0.25, -0.2) is 4.98 Å². The highest BCUT2D eigenvalue weighted by molar-refractivity contribution is 7.07.